The number of thiophene rings is 1. The summed E-state index contributed by atoms with van der Waals surface area (Å²) in [6.45, 7) is 1.86. The molecule has 0 aliphatic carbocycles. The molecular weight excluding hydrogens is 319 g/mol. The fraction of sp³-hybridized carbons (Fsp3) is 0.0625. The zero-order valence-corrected chi connectivity index (χ0v) is 12.8. The predicted octanol–water partition coefficient (Wildman–Crippen LogP) is 2.86. The third kappa shape index (κ3) is 2.78. The number of hydrogen-bond acceptors (Lipinski definition) is 4. The lowest BCUT2D eigenvalue weighted by Crippen LogP contribution is -2.54. The first-order chi connectivity index (χ1) is 11.0. The monoisotopic (exact) mass is 330 g/mol. The molecule has 116 valence electrons. The van der Waals surface area contributed by atoms with Crippen molar-refractivity contribution in [3.05, 3.63) is 57.5 Å². The molecule has 1 N–H and O–H groups in total. The summed E-state index contributed by atoms with van der Waals surface area (Å²) >= 11 is 1.39. The molecule has 1 aliphatic rings. The Morgan fingerprint density at radius 3 is 2.43 bits per heavy atom. The van der Waals surface area contributed by atoms with Crippen LogP contribution >= 0.6 is 11.3 Å². The Hall–Kier alpha value is -2.80. The van der Waals surface area contributed by atoms with Crippen LogP contribution in [-0.4, -0.2) is 17.8 Å². The maximum atomic E-state index is 13.0. The van der Waals surface area contributed by atoms with Crippen LogP contribution in [-0.2, 0) is 9.59 Å². The van der Waals surface area contributed by atoms with Gasteiger partial charge in [-0.2, -0.15) is 0 Å². The first kappa shape index (κ1) is 15.1. The Balaban J connectivity index is 2.02. The Morgan fingerprint density at radius 1 is 1.13 bits per heavy atom. The van der Waals surface area contributed by atoms with E-state index in [-0.39, 0.29) is 11.3 Å². The Kier molecular flexibility index (Phi) is 3.79. The van der Waals surface area contributed by atoms with Gasteiger partial charge in [0.25, 0.3) is 11.8 Å². The minimum Gasteiger partial charge on any atom is -0.273 e. The molecule has 3 rings (SSSR count). The van der Waals surface area contributed by atoms with Crippen LogP contribution in [0.2, 0.25) is 0 Å². The van der Waals surface area contributed by atoms with Gasteiger partial charge in [0.1, 0.15) is 11.4 Å². The molecule has 4 amide bonds. The van der Waals surface area contributed by atoms with Crippen LogP contribution in [0.15, 0.2) is 41.3 Å². The summed E-state index contributed by atoms with van der Waals surface area (Å²) in [6.07, 6.45) is 1.46. The molecule has 1 aliphatic heterocycles. The van der Waals surface area contributed by atoms with Gasteiger partial charge in [0.15, 0.2) is 0 Å². The van der Waals surface area contributed by atoms with Crippen LogP contribution in [0.3, 0.4) is 0 Å². The van der Waals surface area contributed by atoms with Crippen molar-refractivity contribution in [1.29, 1.82) is 0 Å². The molecule has 5 nitrogen and oxygen atoms in total. The first-order valence-corrected chi connectivity index (χ1v) is 7.56. The first-order valence-electron chi connectivity index (χ1n) is 6.68. The van der Waals surface area contributed by atoms with Crippen LogP contribution < -0.4 is 10.2 Å². The SMILES string of the molecule is Cc1ccsc1/C=C1/C(=O)NC(=O)N(c2ccc(F)cc2)C1=O. The summed E-state index contributed by atoms with van der Waals surface area (Å²) in [4.78, 5) is 38.1. The van der Waals surface area contributed by atoms with E-state index >= 15 is 0 Å². The van der Waals surface area contributed by atoms with Gasteiger partial charge in [-0.25, -0.2) is 14.1 Å². The van der Waals surface area contributed by atoms with Crippen molar-refractivity contribution in [3.8, 4) is 0 Å². The van der Waals surface area contributed by atoms with Crippen molar-refractivity contribution in [2.24, 2.45) is 0 Å². The summed E-state index contributed by atoms with van der Waals surface area (Å²) in [6, 6.07) is 5.89. The highest BCUT2D eigenvalue weighted by molar-refractivity contribution is 7.11. The smallest absolute Gasteiger partial charge is 0.273 e. The fourth-order valence-electron chi connectivity index (χ4n) is 2.15. The summed E-state index contributed by atoms with van der Waals surface area (Å²) in [7, 11) is 0. The zero-order chi connectivity index (χ0) is 16.6. The van der Waals surface area contributed by atoms with Crippen molar-refractivity contribution < 1.29 is 18.8 Å². The molecule has 2 heterocycles. The minimum atomic E-state index is -0.855. The van der Waals surface area contributed by atoms with Gasteiger partial charge >= 0.3 is 6.03 Å². The van der Waals surface area contributed by atoms with Gasteiger partial charge in [-0.1, -0.05) is 0 Å². The number of imide groups is 2. The lowest BCUT2D eigenvalue weighted by atomic mass is 10.1. The summed E-state index contributed by atoms with van der Waals surface area (Å²) < 4.78 is 13.0. The van der Waals surface area contributed by atoms with Gasteiger partial charge in [-0.3, -0.25) is 14.9 Å². The highest BCUT2D eigenvalue weighted by atomic mass is 32.1. The number of urea groups is 1. The number of carbonyl (C=O) groups excluding carboxylic acids is 3. The number of amides is 4. The molecule has 0 spiro atoms. The van der Waals surface area contributed by atoms with Crippen LogP contribution in [0.4, 0.5) is 14.9 Å². The molecule has 2 aromatic rings. The largest absolute Gasteiger partial charge is 0.335 e. The third-order valence-corrected chi connectivity index (χ3v) is 4.33. The van der Waals surface area contributed by atoms with Gasteiger partial charge in [0.05, 0.1) is 5.69 Å². The van der Waals surface area contributed by atoms with Crippen LogP contribution in [0.5, 0.6) is 0 Å². The second-order valence-electron chi connectivity index (χ2n) is 4.90. The average molecular weight is 330 g/mol. The molecule has 0 radical (unpaired) electrons. The molecule has 0 atom stereocenters. The van der Waals surface area contributed by atoms with E-state index in [2.05, 4.69) is 5.32 Å². The number of benzene rings is 1. The van der Waals surface area contributed by atoms with Crippen molar-refractivity contribution in [2.75, 3.05) is 4.90 Å². The van der Waals surface area contributed by atoms with Gasteiger partial charge in [0.2, 0.25) is 0 Å². The van der Waals surface area contributed by atoms with Crippen molar-refractivity contribution in [3.63, 3.8) is 0 Å². The topological polar surface area (TPSA) is 66.5 Å². The maximum Gasteiger partial charge on any atom is 0.335 e. The number of carbonyl (C=O) groups is 3. The van der Waals surface area contributed by atoms with E-state index in [1.54, 1.807) is 0 Å². The van der Waals surface area contributed by atoms with E-state index in [4.69, 9.17) is 0 Å². The molecule has 1 aromatic heterocycles. The number of aryl methyl sites for hydroxylation is 1. The lowest BCUT2D eigenvalue weighted by molar-refractivity contribution is -0.122. The van der Waals surface area contributed by atoms with Crippen LogP contribution in [0.1, 0.15) is 10.4 Å². The number of nitrogens with one attached hydrogen (secondary N) is 1. The molecule has 1 fully saturated rings. The van der Waals surface area contributed by atoms with Crippen molar-refractivity contribution in [2.45, 2.75) is 6.92 Å². The number of barbiturate groups is 1. The Morgan fingerprint density at radius 2 is 1.83 bits per heavy atom. The third-order valence-electron chi connectivity index (χ3n) is 3.36. The maximum absolute atomic E-state index is 13.0. The number of anilines is 1. The summed E-state index contributed by atoms with van der Waals surface area (Å²) in [5, 5.41) is 3.97. The van der Waals surface area contributed by atoms with Gasteiger partial charge in [-0.05, 0) is 54.3 Å². The van der Waals surface area contributed by atoms with Gasteiger partial charge < -0.3 is 0 Å². The number of hydrogen-bond donors (Lipinski definition) is 1. The number of halogens is 1. The Labute approximate surface area is 135 Å². The lowest BCUT2D eigenvalue weighted by Gasteiger charge is -2.26. The quantitative estimate of drug-likeness (QED) is 0.680. The summed E-state index contributed by atoms with van der Waals surface area (Å²) in [5.74, 6) is -1.97. The van der Waals surface area contributed by atoms with E-state index in [9.17, 15) is 18.8 Å². The second kappa shape index (κ2) is 5.77. The predicted molar refractivity (Wildman–Crippen MR) is 84.5 cm³/mol. The molecule has 23 heavy (non-hydrogen) atoms. The zero-order valence-electron chi connectivity index (χ0n) is 12.0. The highest BCUT2D eigenvalue weighted by Crippen LogP contribution is 2.24. The van der Waals surface area contributed by atoms with Crippen molar-refractivity contribution in [1.82, 2.24) is 5.32 Å². The van der Waals surface area contributed by atoms with Crippen LogP contribution in [0.25, 0.3) is 6.08 Å². The van der Waals surface area contributed by atoms with E-state index in [0.29, 0.717) is 0 Å². The average Bonchev–Trinajstić information content (AvgIpc) is 2.90. The molecule has 0 bridgehead atoms. The molecule has 1 aromatic carbocycles. The minimum absolute atomic E-state index is 0.139. The van der Waals surface area contributed by atoms with Crippen LogP contribution in [0, 0.1) is 12.7 Å². The fourth-order valence-corrected chi connectivity index (χ4v) is 3.00. The van der Waals surface area contributed by atoms with E-state index in [1.807, 2.05) is 18.4 Å². The second-order valence-corrected chi connectivity index (χ2v) is 5.85. The summed E-state index contributed by atoms with van der Waals surface area (Å²) in [5.41, 5.74) is 0.975. The highest BCUT2D eigenvalue weighted by Gasteiger charge is 2.36. The normalized spacial score (nSPS) is 16.9. The molecular formula is C16H11FN2O3S. The molecule has 7 heteroatoms. The standard InChI is InChI=1S/C16H11FN2O3S/c1-9-6-7-23-13(9)8-12-14(20)18-16(22)19(15(12)21)11-4-2-10(17)3-5-11/h2-8H,1H3,(H,18,20,22)/b12-8-. The van der Waals surface area contributed by atoms with Gasteiger partial charge in [0, 0.05) is 4.88 Å². The molecule has 0 unspecified atom stereocenters. The Bertz CT molecular complexity index is 839. The number of nitrogens with zero attached hydrogens (tertiary/aromatic N) is 1. The van der Waals surface area contributed by atoms with Crippen molar-refractivity contribution >= 4 is 40.9 Å². The molecule has 0 saturated carbocycles. The van der Waals surface area contributed by atoms with E-state index in [0.717, 1.165) is 27.5 Å². The van der Waals surface area contributed by atoms with Gasteiger partial charge in [-0.15, -0.1) is 11.3 Å². The van der Waals surface area contributed by atoms with E-state index < -0.39 is 23.7 Å². The molecule has 1 saturated heterocycles. The van der Waals surface area contributed by atoms with E-state index in [1.165, 1.54) is 29.5 Å². The number of rotatable bonds is 2.